The summed E-state index contributed by atoms with van der Waals surface area (Å²) in [6.07, 6.45) is 1.04. The van der Waals surface area contributed by atoms with Gasteiger partial charge in [0.2, 0.25) is 0 Å². The fraction of sp³-hybridized carbons (Fsp3) is 0.294. The highest BCUT2D eigenvalue weighted by atomic mass is 35.5. The summed E-state index contributed by atoms with van der Waals surface area (Å²) in [6.45, 7) is 2.86. The van der Waals surface area contributed by atoms with E-state index in [0.717, 1.165) is 24.2 Å². The predicted octanol–water partition coefficient (Wildman–Crippen LogP) is 4.37. The van der Waals surface area contributed by atoms with Crippen molar-refractivity contribution < 1.29 is 5.11 Å². The molecule has 0 saturated heterocycles. The number of hydrogen-bond donors (Lipinski definition) is 1. The lowest BCUT2D eigenvalue weighted by Gasteiger charge is -2.22. The van der Waals surface area contributed by atoms with Crippen LogP contribution in [0.2, 0.25) is 0 Å². The van der Waals surface area contributed by atoms with Crippen molar-refractivity contribution in [1.29, 1.82) is 0 Å². The number of likely N-dealkylation sites (N-methyl/N-ethyl adjacent to an activating group) is 1. The van der Waals surface area contributed by atoms with E-state index < -0.39 is 0 Å². The Kier molecular flexibility index (Phi) is 4.91. The molecule has 0 aromatic heterocycles. The van der Waals surface area contributed by atoms with Gasteiger partial charge in [-0.3, -0.25) is 0 Å². The minimum Gasteiger partial charge on any atom is -0.508 e. The van der Waals surface area contributed by atoms with E-state index in [9.17, 15) is 5.11 Å². The van der Waals surface area contributed by atoms with E-state index in [4.69, 9.17) is 11.6 Å². The Hall–Kier alpha value is -1.67. The molecule has 0 fully saturated rings. The standard InChI is InChI=1S/C17H20ClNO/c1-3-13-4-6-14(7-5-13)17(18)12-19(2)15-8-10-16(20)11-9-15/h4-11,17,20H,3,12H2,1-2H3. The molecule has 2 nitrogen and oxygen atoms in total. The topological polar surface area (TPSA) is 23.5 Å². The number of halogens is 1. The Labute approximate surface area is 125 Å². The number of anilines is 1. The highest BCUT2D eigenvalue weighted by molar-refractivity contribution is 6.21. The number of benzene rings is 2. The fourth-order valence-electron chi connectivity index (χ4n) is 2.12. The number of aromatic hydroxyl groups is 1. The molecule has 1 N–H and O–H groups in total. The third-order valence-electron chi connectivity index (χ3n) is 3.47. The van der Waals surface area contributed by atoms with Crippen molar-refractivity contribution in [3.8, 4) is 5.75 Å². The van der Waals surface area contributed by atoms with Crippen LogP contribution in [-0.2, 0) is 6.42 Å². The number of aryl methyl sites for hydroxylation is 1. The summed E-state index contributed by atoms with van der Waals surface area (Å²) in [6, 6.07) is 15.6. The van der Waals surface area contributed by atoms with Gasteiger partial charge in [-0.25, -0.2) is 0 Å². The zero-order valence-electron chi connectivity index (χ0n) is 11.9. The predicted molar refractivity (Wildman–Crippen MR) is 85.8 cm³/mol. The van der Waals surface area contributed by atoms with E-state index in [1.807, 2.05) is 19.2 Å². The van der Waals surface area contributed by atoms with Crippen molar-refractivity contribution in [2.45, 2.75) is 18.7 Å². The van der Waals surface area contributed by atoms with Gasteiger partial charge in [-0.2, -0.15) is 0 Å². The molecule has 1 unspecified atom stereocenters. The summed E-state index contributed by atoms with van der Waals surface area (Å²) in [7, 11) is 2.00. The molecule has 0 spiro atoms. The lowest BCUT2D eigenvalue weighted by atomic mass is 10.1. The second-order valence-electron chi connectivity index (χ2n) is 4.96. The first kappa shape index (κ1) is 14.7. The molecule has 106 valence electrons. The molecule has 0 heterocycles. The molecular weight excluding hydrogens is 270 g/mol. The molecule has 2 rings (SSSR count). The molecule has 2 aromatic rings. The second kappa shape index (κ2) is 6.67. The number of alkyl halides is 1. The maximum atomic E-state index is 9.30. The lowest BCUT2D eigenvalue weighted by Crippen LogP contribution is -2.21. The van der Waals surface area contributed by atoms with Crippen molar-refractivity contribution >= 4 is 17.3 Å². The average Bonchev–Trinajstić information content (AvgIpc) is 2.48. The van der Waals surface area contributed by atoms with E-state index >= 15 is 0 Å². The average molecular weight is 290 g/mol. The molecule has 1 atom stereocenters. The smallest absolute Gasteiger partial charge is 0.115 e. The first-order chi connectivity index (χ1) is 9.60. The Morgan fingerprint density at radius 1 is 1.05 bits per heavy atom. The van der Waals surface area contributed by atoms with Gasteiger partial charge in [0.1, 0.15) is 5.75 Å². The van der Waals surface area contributed by atoms with Gasteiger partial charge >= 0.3 is 0 Å². The summed E-state index contributed by atoms with van der Waals surface area (Å²) in [5.41, 5.74) is 3.50. The second-order valence-corrected chi connectivity index (χ2v) is 5.49. The SMILES string of the molecule is CCc1ccc(C(Cl)CN(C)c2ccc(O)cc2)cc1. The molecule has 0 aliphatic heterocycles. The van der Waals surface area contributed by atoms with Crippen LogP contribution < -0.4 is 4.90 Å². The summed E-state index contributed by atoms with van der Waals surface area (Å²) >= 11 is 6.49. The fourth-order valence-corrected chi connectivity index (χ4v) is 2.47. The van der Waals surface area contributed by atoms with Gasteiger partial charge in [-0.05, 0) is 41.8 Å². The van der Waals surface area contributed by atoms with Crippen molar-refractivity contribution in [2.75, 3.05) is 18.5 Å². The van der Waals surface area contributed by atoms with Gasteiger partial charge in [0.15, 0.2) is 0 Å². The van der Waals surface area contributed by atoms with Gasteiger partial charge in [0.05, 0.1) is 5.38 Å². The summed E-state index contributed by atoms with van der Waals surface area (Å²) in [5.74, 6) is 0.278. The van der Waals surface area contributed by atoms with Gasteiger partial charge in [0.25, 0.3) is 0 Å². The van der Waals surface area contributed by atoms with Crippen molar-refractivity contribution in [3.63, 3.8) is 0 Å². The molecule has 0 aliphatic carbocycles. The Morgan fingerprint density at radius 3 is 2.20 bits per heavy atom. The normalized spacial score (nSPS) is 12.2. The van der Waals surface area contributed by atoms with Crippen LogP contribution in [0.3, 0.4) is 0 Å². The largest absolute Gasteiger partial charge is 0.508 e. The Bertz CT molecular complexity index is 536. The summed E-state index contributed by atoms with van der Waals surface area (Å²) in [4.78, 5) is 2.09. The van der Waals surface area contributed by atoms with Gasteiger partial charge in [-0.1, -0.05) is 31.2 Å². The number of phenolic OH excluding ortho intramolecular Hbond substituents is 1. The molecule has 0 radical (unpaired) electrons. The first-order valence-corrected chi connectivity index (χ1v) is 7.27. The van der Waals surface area contributed by atoms with Crippen molar-refractivity contribution in [1.82, 2.24) is 0 Å². The quantitative estimate of drug-likeness (QED) is 0.826. The van der Waals surface area contributed by atoms with E-state index in [-0.39, 0.29) is 11.1 Å². The molecule has 0 amide bonds. The number of hydrogen-bond acceptors (Lipinski definition) is 2. The Balaban J connectivity index is 2.02. The molecule has 2 aromatic carbocycles. The van der Waals surface area contributed by atoms with Crippen molar-refractivity contribution in [2.24, 2.45) is 0 Å². The van der Waals surface area contributed by atoms with Crippen LogP contribution >= 0.6 is 11.6 Å². The van der Waals surface area contributed by atoms with Gasteiger partial charge in [-0.15, -0.1) is 11.6 Å². The number of phenols is 1. The summed E-state index contributed by atoms with van der Waals surface area (Å²) in [5, 5.41) is 9.25. The third-order valence-corrected chi connectivity index (χ3v) is 3.86. The number of nitrogens with zero attached hydrogens (tertiary/aromatic N) is 1. The lowest BCUT2D eigenvalue weighted by molar-refractivity contribution is 0.475. The van der Waals surface area contributed by atoms with E-state index in [0.29, 0.717) is 0 Å². The van der Waals surface area contributed by atoms with Gasteiger partial charge < -0.3 is 10.0 Å². The molecular formula is C17H20ClNO. The minimum atomic E-state index is -0.0558. The van der Waals surface area contributed by atoms with E-state index in [2.05, 4.69) is 36.1 Å². The van der Waals surface area contributed by atoms with Crippen LogP contribution in [-0.4, -0.2) is 18.7 Å². The van der Waals surface area contributed by atoms with E-state index in [1.165, 1.54) is 5.56 Å². The molecule has 20 heavy (non-hydrogen) atoms. The molecule has 0 aliphatic rings. The zero-order chi connectivity index (χ0) is 14.5. The molecule has 0 saturated carbocycles. The van der Waals surface area contributed by atoms with Crippen LogP contribution in [0.4, 0.5) is 5.69 Å². The number of rotatable bonds is 5. The zero-order valence-corrected chi connectivity index (χ0v) is 12.6. The van der Waals surface area contributed by atoms with E-state index in [1.54, 1.807) is 12.1 Å². The van der Waals surface area contributed by atoms with Gasteiger partial charge in [0, 0.05) is 19.3 Å². The first-order valence-electron chi connectivity index (χ1n) is 6.83. The van der Waals surface area contributed by atoms with Crippen LogP contribution in [0.1, 0.15) is 23.4 Å². The van der Waals surface area contributed by atoms with Crippen LogP contribution in [0, 0.1) is 0 Å². The highest BCUT2D eigenvalue weighted by Gasteiger charge is 2.11. The van der Waals surface area contributed by atoms with Crippen molar-refractivity contribution in [3.05, 3.63) is 59.7 Å². The van der Waals surface area contributed by atoms with Crippen LogP contribution in [0.25, 0.3) is 0 Å². The minimum absolute atomic E-state index is 0.0558. The van der Waals surface area contributed by atoms with Crippen LogP contribution in [0.15, 0.2) is 48.5 Å². The maximum Gasteiger partial charge on any atom is 0.115 e. The molecule has 0 bridgehead atoms. The highest BCUT2D eigenvalue weighted by Crippen LogP contribution is 2.25. The third kappa shape index (κ3) is 3.67. The monoisotopic (exact) mass is 289 g/mol. The summed E-state index contributed by atoms with van der Waals surface area (Å²) < 4.78 is 0. The van der Waals surface area contributed by atoms with Crippen LogP contribution in [0.5, 0.6) is 5.75 Å². The maximum absolute atomic E-state index is 9.30. The molecule has 3 heteroatoms. The Morgan fingerprint density at radius 2 is 1.65 bits per heavy atom.